The van der Waals surface area contributed by atoms with Gasteiger partial charge in [-0.05, 0) is 0 Å². The standard InChI is InChI=1S/C8H10F3NO5S/c9-8(10,11)7(15)12-1-2-18(16,17)5(4-12)3-6(13)14/h5H,1-4H2,(H,13,14). The second-order valence-electron chi connectivity index (χ2n) is 3.84. The van der Waals surface area contributed by atoms with Crippen LogP contribution in [0.4, 0.5) is 13.2 Å². The lowest BCUT2D eigenvalue weighted by Gasteiger charge is -2.32. The molecule has 0 radical (unpaired) electrons. The van der Waals surface area contributed by atoms with Crippen LogP contribution in [0.1, 0.15) is 6.42 Å². The predicted molar refractivity (Wildman–Crippen MR) is 52.5 cm³/mol. The van der Waals surface area contributed by atoms with Gasteiger partial charge in [0, 0.05) is 13.1 Å². The molecule has 0 aromatic rings. The lowest BCUT2D eigenvalue weighted by atomic mass is 10.2. The Morgan fingerprint density at radius 2 is 1.89 bits per heavy atom. The number of amides is 1. The number of carboxylic acid groups (broad SMARTS) is 1. The fraction of sp³-hybridized carbons (Fsp3) is 0.750. The van der Waals surface area contributed by atoms with Gasteiger partial charge in [-0.3, -0.25) is 9.59 Å². The second kappa shape index (κ2) is 4.75. The van der Waals surface area contributed by atoms with E-state index in [1.807, 2.05) is 0 Å². The molecule has 1 amide bonds. The third kappa shape index (κ3) is 3.34. The van der Waals surface area contributed by atoms with Gasteiger partial charge in [0.25, 0.3) is 0 Å². The Morgan fingerprint density at radius 3 is 2.33 bits per heavy atom. The number of alkyl halides is 3. The van der Waals surface area contributed by atoms with E-state index in [1.165, 1.54) is 0 Å². The zero-order valence-electron chi connectivity index (χ0n) is 8.98. The van der Waals surface area contributed by atoms with Gasteiger partial charge in [0.1, 0.15) is 0 Å². The molecule has 0 aromatic heterocycles. The van der Waals surface area contributed by atoms with Gasteiger partial charge in [-0.1, -0.05) is 0 Å². The Balaban J connectivity index is 2.86. The van der Waals surface area contributed by atoms with Crippen LogP contribution >= 0.6 is 0 Å². The van der Waals surface area contributed by atoms with Crippen molar-refractivity contribution in [1.82, 2.24) is 4.90 Å². The Labute approximate surface area is 100 Å². The smallest absolute Gasteiger partial charge is 0.471 e. The van der Waals surface area contributed by atoms with E-state index in [-0.39, 0.29) is 0 Å². The quantitative estimate of drug-likeness (QED) is 0.750. The summed E-state index contributed by atoms with van der Waals surface area (Å²) in [5.74, 6) is -4.25. The number of carbonyl (C=O) groups is 2. The number of sulfone groups is 1. The van der Waals surface area contributed by atoms with E-state index in [0.717, 1.165) is 0 Å². The number of rotatable bonds is 2. The summed E-state index contributed by atoms with van der Waals surface area (Å²) in [6.45, 7) is -1.32. The van der Waals surface area contributed by atoms with Crippen LogP contribution in [0.3, 0.4) is 0 Å². The first-order valence-corrected chi connectivity index (χ1v) is 6.55. The van der Waals surface area contributed by atoms with E-state index in [9.17, 15) is 31.2 Å². The van der Waals surface area contributed by atoms with Crippen molar-refractivity contribution in [3.63, 3.8) is 0 Å². The minimum atomic E-state index is -5.09. The molecule has 1 rings (SSSR count). The van der Waals surface area contributed by atoms with Crippen molar-refractivity contribution in [2.24, 2.45) is 0 Å². The van der Waals surface area contributed by atoms with Gasteiger partial charge in [0.05, 0.1) is 17.4 Å². The number of halogens is 3. The maximum Gasteiger partial charge on any atom is 0.471 e. The maximum atomic E-state index is 12.2. The summed E-state index contributed by atoms with van der Waals surface area (Å²) >= 11 is 0. The largest absolute Gasteiger partial charge is 0.481 e. The number of aliphatic carboxylic acids is 1. The average molecular weight is 289 g/mol. The summed E-state index contributed by atoms with van der Waals surface area (Å²) < 4.78 is 59.4. The molecule has 1 fully saturated rings. The predicted octanol–water partition coefficient (Wildman–Crippen LogP) is -0.351. The number of carbonyl (C=O) groups excluding carboxylic acids is 1. The van der Waals surface area contributed by atoms with Gasteiger partial charge in [-0.25, -0.2) is 8.42 Å². The van der Waals surface area contributed by atoms with Crippen LogP contribution in [0.15, 0.2) is 0 Å². The maximum absolute atomic E-state index is 12.2. The van der Waals surface area contributed by atoms with E-state index >= 15 is 0 Å². The Morgan fingerprint density at radius 1 is 1.33 bits per heavy atom. The van der Waals surface area contributed by atoms with Gasteiger partial charge >= 0.3 is 18.1 Å². The summed E-state index contributed by atoms with van der Waals surface area (Å²) in [6, 6.07) is 0. The van der Waals surface area contributed by atoms with Crippen molar-refractivity contribution in [2.45, 2.75) is 17.8 Å². The fourth-order valence-corrected chi connectivity index (χ4v) is 3.22. The highest BCUT2D eigenvalue weighted by atomic mass is 32.2. The minimum absolute atomic E-state index is 0.328. The first-order chi connectivity index (χ1) is 8.04. The Kier molecular flexibility index (Phi) is 3.89. The molecule has 104 valence electrons. The molecule has 1 saturated heterocycles. The lowest BCUT2D eigenvalue weighted by molar-refractivity contribution is -0.185. The van der Waals surface area contributed by atoms with Crippen molar-refractivity contribution >= 4 is 21.7 Å². The summed E-state index contributed by atoms with van der Waals surface area (Å²) in [7, 11) is -3.77. The molecule has 1 heterocycles. The SMILES string of the molecule is O=C(O)CC1CN(C(=O)C(F)(F)F)CCS1(=O)=O. The topological polar surface area (TPSA) is 91.8 Å². The highest BCUT2D eigenvalue weighted by Gasteiger charge is 2.46. The molecule has 10 heteroatoms. The van der Waals surface area contributed by atoms with Crippen molar-refractivity contribution < 1.29 is 36.3 Å². The second-order valence-corrected chi connectivity index (χ2v) is 6.24. The molecule has 0 saturated carbocycles. The third-order valence-corrected chi connectivity index (χ3v) is 4.59. The molecule has 0 bridgehead atoms. The zero-order chi connectivity index (χ0) is 14.1. The van der Waals surface area contributed by atoms with Crippen molar-refractivity contribution in [3.8, 4) is 0 Å². The van der Waals surface area contributed by atoms with Crippen LogP contribution in [-0.4, -0.2) is 60.6 Å². The summed E-state index contributed by atoms with van der Waals surface area (Å²) in [5, 5.41) is 7.00. The third-order valence-electron chi connectivity index (χ3n) is 2.51. The molecule has 18 heavy (non-hydrogen) atoms. The number of carboxylic acids is 1. The fourth-order valence-electron chi connectivity index (χ4n) is 1.60. The summed E-state index contributed by atoms with van der Waals surface area (Å²) in [4.78, 5) is 21.7. The molecule has 1 unspecified atom stereocenters. The van der Waals surface area contributed by atoms with Gasteiger partial charge in [-0.15, -0.1) is 0 Å². The van der Waals surface area contributed by atoms with Crippen LogP contribution in [0.25, 0.3) is 0 Å². The van der Waals surface area contributed by atoms with Crippen LogP contribution in [-0.2, 0) is 19.4 Å². The van der Waals surface area contributed by atoms with Gasteiger partial charge in [0.2, 0.25) is 0 Å². The van der Waals surface area contributed by atoms with E-state index < -0.39 is 58.4 Å². The molecule has 0 spiro atoms. The van der Waals surface area contributed by atoms with E-state index in [1.54, 1.807) is 0 Å². The Hall–Kier alpha value is -1.32. The van der Waals surface area contributed by atoms with Crippen molar-refractivity contribution in [3.05, 3.63) is 0 Å². The summed E-state index contributed by atoms with van der Waals surface area (Å²) in [5.41, 5.74) is 0. The van der Waals surface area contributed by atoms with E-state index in [2.05, 4.69) is 0 Å². The Bertz CT molecular complexity index is 458. The number of nitrogens with zero attached hydrogens (tertiary/aromatic N) is 1. The summed E-state index contributed by atoms with van der Waals surface area (Å²) in [6.07, 6.45) is -5.90. The molecule has 0 aromatic carbocycles. The van der Waals surface area contributed by atoms with Gasteiger partial charge < -0.3 is 10.0 Å². The van der Waals surface area contributed by atoms with Crippen LogP contribution < -0.4 is 0 Å². The monoisotopic (exact) mass is 289 g/mol. The molecule has 1 aliphatic rings. The average Bonchev–Trinajstić information content (AvgIpc) is 2.18. The highest BCUT2D eigenvalue weighted by Crippen LogP contribution is 2.23. The molecule has 6 nitrogen and oxygen atoms in total. The number of hydrogen-bond acceptors (Lipinski definition) is 4. The lowest BCUT2D eigenvalue weighted by Crippen LogP contribution is -2.53. The molecular formula is C8H10F3NO5S. The molecule has 0 aliphatic carbocycles. The molecular weight excluding hydrogens is 279 g/mol. The normalized spacial score (nSPS) is 23.7. The van der Waals surface area contributed by atoms with Crippen LogP contribution in [0, 0.1) is 0 Å². The zero-order valence-corrected chi connectivity index (χ0v) is 9.79. The highest BCUT2D eigenvalue weighted by molar-refractivity contribution is 7.92. The van der Waals surface area contributed by atoms with Crippen molar-refractivity contribution in [2.75, 3.05) is 18.8 Å². The van der Waals surface area contributed by atoms with Crippen LogP contribution in [0.5, 0.6) is 0 Å². The van der Waals surface area contributed by atoms with Gasteiger partial charge in [0.15, 0.2) is 9.84 Å². The van der Waals surface area contributed by atoms with Gasteiger partial charge in [-0.2, -0.15) is 13.2 Å². The minimum Gasteiger partial charge on any atom is -0.481 e. The number of hydrogen-bond donors (Lipinski definition) is 1. The van der Waals surface area contributed by atoms with E-state index in [4.69, 9.17) is 5.11 Å². The van der Waals surface area contributed by atoms with E-state index in [0.29, 0.717) is 4.90 Å². The molecule has 1 aliphatic heterocycles. The van der Waals surface area contributed by atoms with Crippen molar-refractivity contribution in [1.29, 1.82) is 0 Å². The first kappa shape index (κ1) is 14.7. The first-order valence-electron chi connectivity index (χ1n) is 4.83. The molecule has 1 atom stereocenters. The van der Waals surface area contributed by atoms with Crippen LogP contribution in [0.2, 0.25) is 0 Å². The molecule has 1 N–H and O–H groups in total.